The minimum atomic E-state index is 0.494. The topological polar surface area (TPSA) is 72.5 Å². The maximum absolute atomic E-state index is 5.25. The molecule has 1 N–H and O–H groups in total. The Balaban J connectivity index is 2.02. The van der Waals surface area contributed by atoms with Gasteiger partial charge in [-0.3, -0.25) is 14.6 Å². The Morgan fingerprint density at radius 2 is 2.16 bits per heavy atom. The zero-order valence-corrected chi connectivity index (χ0v) is 11.0. The van der Waals surface area contributed by atoms with Crippen LogP contribution in [0.2, 0.25) is 0 Å². The second-order valence-electron chi connectivity index (χ2n) is 4.11. The van der Waals surface area contributed by atoms with Crippen molar-refractivity contribution in [2.24, 2.45) is 0 Å². The number of aromatic nitrogens is 5. The average molecular weight is 273 g/mol. The smallest absolute Gasteiger partial charge is 0.195 e. The molecular weight excluding hydrogens is 262 g/mol. The van der Waals surface area contributed by atoms with Crippen molar-refractivity contribution in [1.29, 1.82) is 0 Å². The van der Waals surface area contributed by atoms with Crippen LogP contribution in [0.25, 0.3) is 11.4 Å². The van der Waals surface area contributed by atoms with Crippen LogP contribution in [0, 0.1) is 11.7 Å². The van der Waals surface area contributed by atoms with Crippen LogP contribution in [0.1, 0.15) is 11.5 Å². The fourth-order valence-electron chi connectivity index (χ4n) is 1.83. The fourth-order valence-corrected chi connectivity index (χ4v) is 2.03. The molecule has 0 amide bonds. The van der Waals surface area contributed by atoms with E-state index in [2.05, 4.69) is 20.3 Å². The summed E-state index contributed by atoms with van der Waals surface area (Å²) in [5.41, 5.74) is 1.79. The molecule has 3 heterocycles. The molecule has 7 heteroatoms. The zero-order valence-electron chi connectivity index (χ0n) is 10.2. The first-order chi connectivity index (χ1) is 9.24. The molecule has 96 valence electrons. The van der Waals surface area contributed by atoms with E-state index in [-0.39, 0.29) is 0 Å². The standard InChI is InChI=1S/C12H11N5OS/c1-8-6-10(18-16-8)7-17-11(14-15-12(17)19)9-2-4-13-5-3-9/h2-6H,7H2,1H3,(H,15,19). The molecule has 3 aromatic heterocycles. The van der Waals surface area contributed by atoms with Crippen LogP contribution in [-0.2, 0) is 6.54 Å². The highest BCUT2D eigenvalue weighted by Gasteiger charge is 2.11. The summed E-state index contributed by atoms with van der Waals surface area (Å²) < 4.78 is 7.62. The summed E-state index contributed by atoms with van der Waals surface area (Å²) in [6.07, 6.45) is 3.44. The molecular formula is C12H11N5OS. The van der Waals surface area contributed by atoms with Gasteiger partial charge < -0.3 is 4.52 Å². The highest BCUT2D eigenvalue weighted by molar-refractivity contribution is 7.71. The number of H-pyrrole nitrogens is 1. The highest BCUT2D eigenvalue weighted by Crippen LogP contribution is 2.17. The SMILES string of the molecule is Cc1cc(Cn2c(-c3ccncc3)n[nH]c2=S)on1. The van der Waals surface area contributed by atoms with Gasteiger partial charge in [-0.25, -0.2) is 0 Å². The summed E-state index contributed by atoms with van der Waals surface area (Å²) >= 11 is 5.25. The van der Waals surface area contributed by atoms with Gasteiger partial charge in [-0.15, -0.1) is 0 Å². The normalized spacial score (nSPS) is 10.8. The molecule has 0 aromatic carbocycles. The van der Waals surface area contributed by atoms with Crippen LogP contribution >= 0.6 is 12.2 Å². The number of aryl methyl sites for hydroxylation is 1. The van der Waals surface area contributed by atoms with Crippen molar-refractivity contribution in [3.8, 4) is 11.4 Å². The monoisotopic (exact) mass is 273 g/mol. The van der Waals surface area contributed by atoms with E-state index in [0.717, 1.165) is 22.8 Å². The van der Waals surface area contributed by atoms with Crippen LogP contribution in [0.4, 0.5) is 0 Å². The number of hydrogen-bond acceptors (Lipinski definition) is 5. The van der Waals surface area contributed by atoms with Gasteiger partial charge in [0.15, 0.2) is 16.4 Å². The Morgan fingerprint density at radius 3 is 2.84 bits per heavy atom. The third-order valence-electron chi connectivity index (χ3n) is 2.69. The molecule has 6 nitrogen and oxygen atoms in total. The van der Waals surface area contributed by atoms with Crippen molar-refractivity contribution in [2.45, 2.75) is 13.5 Å². The Bertz CT molecular complexity index is 743. The van der Waals surface area contributed by atoms with Crippen LogP contribution in [0.5, 0.6) is 0 Å². The number of aromatic amines is 1. The van der Waals surface area contributed by atoms with Crippen molar-refractivity contribution >= 4 is 12.2 Å². The molecule has 0 aliphatic carbocycles. The summed E-state index contributed by atoms with van der Waals surface area (Å²) in [6, 6.07) is 5.64. The van der Waals surface area contributed by atoms with Gasteiger partial charge >= 0.3 is 0 Å². The van der Waals surface area contributed by atoms with Gasteiger partial charge in [-0.1, -0.05) is 5.16 Å². The lowest BCUT2D eigenvalue weighted by Crippen LogP contribution is -2.01. The third kappa shape index (κ3) is 2.32. The van der Waals surface area contributed by atoms with E-state index in [0.29, 0.717) is 11.3 Å². The van der Waals surface area contributed by atoms with Gasteiger partial charge in [0.2, 0.25) is 0 Å². The zero-order chi connectivity index (χ0) is 13.2. The number of pyridine rings is 1. The average Bonchev–Trinajstić information content (AvgIpc) is 2.99. The Kier molecular flexibility index (Phi) is 2.96. The molecule has 0 spiro atoms. The molecule has 3 aromatic rings. The van der Waals surface area contributed by atoms with E-state index < -0.39 is 0 Å². The number of nitrogens with zero attached hydrogens (tertiary/aromatic N) is 4. The summed E-state index contributed by atoms with van der Waals surface area (Å²) in [4.78, 5) is 3.99. The van der Waals surface area contributed by atoms with Crippen molar-refractivity contribution in [3.05, 3.63) is 46.8 Å². The molecule has 0 bridgehead atoms. The lowest BCUT2D eigenvalue weighted by molar-refractivity contribution is 0.373. The minimum absolute atomic E-state index is 0.494. The van der Waals surface area contributed by atoms with Crippen LogP contribution < -0.4 is 0 Å². The highest BCUT2D eigenvalue weighted by atomic mass is 32.1. The van der Waals surface area contributed by atoms with E-state index >= 15 is 0 Å². The molecule has 0 aliphatic heterocycles. The Labute approximate surface area is 114 Å². The van der Waals surface area contributed by atoms with Crippen molar-refractivity contribution in [2.75, 3.05) is 0 Å². The lowest BCUT2D eigenvalue weighted by Gasteiger charge is -2.03. The van der Waals surface area contributed by atoms with Gasteiger partial charge in [0.1, 0.15) is 0 Å². The second-order valence-corrected chi connectivity index (χ2v) is 4.50. The predicted molar refractivity (Wildman–Crippen MR) is 71.0 cm³/mol. The minimum Gasteiger partial charge on any atom is -0.359 e. The van der Waals surface area contributed by atoms with Gasteiger partial charge in [0.25, 0.3) is 0 Å². The van der Waals surface area contributed by atoms with E-state index in [4.69, 9.17) is 16.7 Å². The molecule has 0 saturated carbocycles. The molecule has 3 rings (SSSR count). The van der Waals surface area contributed by atoms with Crippen molar-refractivity contribution in [1.82, 2.24) is 24.9 Å². The first-order valence-corrected chi connectivity index (χ1v) is 6.12. The molecule has 19 heavy (non-hydrogen) atoms. The molecule has 0 aliphatic rings. The second kappa shape index (κ2) is 4.77. The van der Waals surface area contributed by atoms with Gasteiger partial charge in [0.05, 0.1) is 12.2 Å². The first kappa shape index (κ1) is 11.8. The third-order valence-corrected chi connectivity index (χ3v) is 3.00. The number of nitrogens with one attached hydrogen (secondary N) is 1. The van der Waals surface area contributed by atoms with Gasteiger partial charge in [-0.05, 0) is 31.3 Å². The summed E-state index contributed by atoms with van der Waals surface area (Å²) in [5, 5.41) is 10.9. The quantitative estimate of drug-likeness (QED) is 0.741. The van der Waals surface area contributed by atoms with Crippen LogP contribution in [-0.4, -0.2) is 24.9 Å². The van der Waals surface area contributed by atoms with Crippen LogP contribution in [0.3, 0.4) is 0 Å². The molecule has 0 unspecified atom stereocenters. The fraction of sp³-hybridized carbons (Fsp3) is 0.167. The van der Waals surface area contributed by atoms with Crippen molar-refractivity contribution in [3.63, 3.8) is 0 Å². The Hall–Kier alpha value is -2.28. The molecule has 0 saturated heterocycles. The first-order valence-electron chi connectivity index (χ1n) is 5.72. The molecule has 0 fully saturated rings. The number of rotatable bonds is 3. The molecule has 0 radical (unpaired) electrons. The van der Waals surface area contributed by atoms with Crippen LogP contribution in [0.15, 0.2) is 35.1 Å². The lowest BCUT2D eigenvalue weighted by atomic mass is 10.2. The van der Waals surface area contributed by atoms with E-state index in [1.165, 1.54) is 0 Å². The van der Waals surface area contributed by atoms with Gasteiger partial charge in [-0.2, -0.15) is 5.10 Å². The maximum Gasteiger partial charge on any atom is 0.195 e. The summed E-state index contributed by atoms with van der Waals surface area (Å²) in [5.74, 6) is 1.49. The van der Waals surface area contributed by atoms with E-state index in [9.17, 15) is 0 Å². The van der Waals surface area contributed by atoms with E-state index in [1.807, 2.05) is 29.7 Å². The van der Waals surface area contributed by atoms with Crippen molar-refractivity contribution < 1.29 is 4.52 Å². The van der Waals surface area contributed by atoms with E-state index in [1.54, 1.807) is 12.4 Å². The number of hydrogen-bond donors (Lipinski definition) is 1. The Morgan fingerprint density at radius 1 is 1.37 bits per heavy atom. The largest absolute Gasteiger partial charge is 0.359 e. The van der Waals surface area contributed by atoms with Gasteiger partial charge in [0, 0.05) is 24.0 Å². The summed E-state index contributed by atoms with van der Waals surface area (Å²) in [6.45, 7) is 2.37. The molecule has 0 atom stereocenters. The predicted octanol–water partition coefficient (Wildman–Crippen LogP) is 2.35. The maximum atomic E-state index is 5.25. The summed E-state index contributed by atoms with van der Waals surface area (Å²) in [7, 11) is 0.